The van der Waals surface area contributed by atoms with Crippen LogP contribution in [0.25, 0.3) is 0 Å². The quantitative estimate of drug-likeness (QED) is 0.924. The van der Waals surface area contributed by atoms with E-state index in [4.69, 9.17) is 21.1 Å². The molecular formula is C14H11ClN2O3. The predicted octanol–water partition coefficient (Wildman–Crippen LogP) is 2.76. The van der Waals surface area contributed by atoms with Crippen molar-refractivity contribution in [1.29, 1.82) is 0 Å². The van der Waals surface area contributed by atoms with E-state index in [1.54, 1.807) is 30.5 Å². The van der Waals surface area contributed by atoms with Gasteiger partial charge in [0.15, 0.2) is 11.5 Å². The number of halogens is 1. The SMILES string of the molecule is O=C(Nc1cnccc1Cl)c1ccc2c(c1)OCCO2. The van der Waals surface area contributed by atoms with Crippen LogP contribution < -0.4 is 14.8 Å². The maximum Gasteiger partial charge on any atom is 0.255 e. The molecule has 0 aliphatic carbocycles. The molecule has 2 heterocycles. The van der Waals surface area contributed by atoms with Crippen LogP contribution >= 0.6 is 11.6 Å². The minimum Gasteiger partial charge on any atom is -0.486 e. The molecule has 1 amide bonds. The molecule has 1 N–H and O–H groups in total. The predicted molar refractivity (Wildman–Crippen MR) is 74.6 cm³/mol. The third kappa shape index (κ3) is 2.53. The zero-order valence-electron chi connectivity index (χ0n) is 10.4. The average Bonchev–Trinajstić information content (AvgIpc) is 2.49. The number of rotatable bonds is 2. The Bertz CT molecular complexity index is 661. The van der Waals surface area contributed by atoms with Crippen molar-refractivity contribution >= 4 is 23.2 Å². The normalized spacial score (nSPS) is 12.8. The lowest BCUT2D eigenvalue weighted by Gasteiger charge is -2.18. The molecule has 2 aromatic rings. The van der Waals surface area contributed by atoms with Gasteiger partial charge in [-0.3, -0.25) is 9.78 Å². The summed E-state index contributed by atoms with van der Waals surface area (Å²) in [6, 6.07) is 6.65. The van der Waals surface area contributed by atoms with Crippen LogP contribution in [0.3, 0.4) is 0 Å². The van der Waals surface area contributed by atoms with Crippen molar-refractivity contribution in [3.8, 4) is 11.5 Å². The highest BCUT2D eigenvalue weighted by molar-refractivity contribution is 6.33. The van der Waals surface area contributed by atoms with Crippen molar-refractivity contribution < 1.29 is 14.3 Å². The number of benzene rings is 1. The highest BCUT2D eigenvalue weighted by atomic mass is 35.5. The number of anilines is 1. The van der Waals surface area contributed by atoms with Crippen molar-refractivity contribution in [1.82, 2.24) is 4.98 Å². The number of carbonyl (C=O) groups is 1. The molecule has 1 aliphatic rings. The first-order valence-electron chi connectivity index (χ1n) is 6.04. The van der Waals surface area contributed by atoms with E-state index in [0.717, 1.165) is 0 Å². The monoisotopic (exact) mass is 290 g/mol. The molecular weight excluding hydrogens is 280 g/mol. The molecule has 1 aromatic carbocycles. The van der Waals surface area contributed by atoms with Crippen LogP contribution in [0.4, 0.5) is 5.69 Å². The Morgan fingerprint density at radius 3 is 2.80 bits per heavy atom. The van der Waals surface area contributed by atoms with Gasteiger partial charge in [-0.1, -0.05) is 11.6 Å². The van der Waals surface area contributed by atoms with Gasteiger partial charge in [0.2, 0.25) is 0 Å². The summed E-state index contributed by atoms with van der Waals surface area (Å²) in [6.45, 7) is 0.996. The van der Waals surface area contributed by atoms with Gasteiger partial charge < -0.3 is 14.8 Å². The first-order valence-corrected chi connectivity index (χ1v) is 6.42. The third-order valence-corrected chi connectivity index (χ3v) is 3.15. The van der Waals surface area contributed by atoms with Gasteiger partial charge in [0, 0.05) is 11.8 Å². The van der Waals surface area contributed by atoms with E-state index in [1.807, 2.05) is 0 Å². The number of aromatic nitrogens is 1. The number of pyridine rings is 1. The van der Waals surface area contributed by atoms with Crippen LogP contribution in [0.1, 0.15) is 10.4 Å². The summed E-state index contributed by atoms with van der Waals surface area (Å²) in [7, 11) is 0. The van der Waals surface area contributed by atoms with Gasteiger partial charge in [-0.25, -0.2) is 0 Å². The Kier molecular flexibility index (Phi) is 3.43. The van der Waals surface area contributed by atoms with Crippen LogP contribution in [0.2, 0.25) is 5.02 Å². The van der Waals surface area contributed by atoms with Crippen molar-refractivity contribution in [2.75, 3.05) is 18.5 Å². The number of nitrogens with one attached hydrogen (secondary N) is 1. The molecule has 20 heavy (non-hydrogen) atoms. The van der Waals surface area contributed by atoms with Gasteiger partial charge in [-0.2, -0.15) is 0 Å². The molecule has 0 bridgehead atoms. The van der Waals surface area contributed by atoms with E-state index in [9.17, 15) is 4.79 Å². The standard InChI is InChI=1S/C14H11ClN2O3/c15-10-3-4-16-8-11(10)17-14(18)9-1-2-12-13(7-9)20-6-5-19-12/h1-4,7-8H,5-6H2,(H,17,18). The molecule has 6 heteroatoms. The topological polar surface area (TPSA) is 60.5 Å². The number of ether oxygens (including phenoxy) is 2. The lowest BCUT2D eigenvalue weighted by atomic mass is 10.2. The van der Waals surface area contributed by atoms with Crippen LogP contribution in [-0.4, -0.2) is 24.1 Å². The summed E-state index contributed by atoms with van der Waals surface area (Å²) in [4.78, 5) is 16.1. The Balaban J connectivity index is 1.82. The Hall–Kier alpha value is -2.27. The van der Waals surface area contributed by atoms with Crippen molar-refractivity contribution in [3.63, 3.8) is 0 Å². The first kappa shape index (κ1) is 12.7. The number of hydrogen-bond donors (Lipinski definition) is 1. The zero-order chi connectivity index (χ0) is 13.9. The van der Waals surface area contributed by atoms with Crippen molar-refractivity contribution in [2.24, 2.45) is 0 Å². The maximum absolute atomic E-state index is 12.2. The van der Waals surface area contributed by atoms with Gasteiger partial charge in [-0.05, 0) is 24.3 Å². The van der Waals surface area contributed by atoms with E-state index in [1.165, 1.54) is 6.20 Å². The van der Waals surface area contributed by atoms with E-state index in [2.05, 4.69) is 10.3 Å². The molecule has 0 radical (unpaired) electrons. The van der Waals surface area contributed by atoms with Crippen molar-refractivity contribution in [3.05, 3.63) is 47.2 Å². The lowest BCUT2D eigenvalue weighted by Crippen LogP contribution is -2.17. The van der Waals surface area contributed by atoms with Crippen LogP contribution in [0, 0.1) is 0 Å². The Morgan fingerprint density at radius 1 is 1.20 bits per heavy atom. The average molecular weight is 291 g/mol. The number of nitrogens with zero attached hydrogens (tertiary/aromatic N) is 1. The minimum atomic E-state index is -0.281. The second-order valence-electron chi connectivity index (χ2n) is 4.17. The van der Waals surface area contributed by atoms with Gasteiger partial charge in [-0.15, -0.1) is 0 Å². The fourth-order valence-electron chi connectivity index (χ4n) is 1.85. The smallest absolute Gasteiger partial charge is 0.255 e. The fraction of sp³-hybridized carbons (Fsp3) is 0.143. The fourth-order valence-corrected chi connectivity index (χ4v) is 2.00. The highest BCUT2D eigenvalue weighted by Crippen LogP contribution is 2.31. The summed E-state index contributed by atoms with van der Waals surface area (Å²) in [6.07, 6.45) is 3.06. The molecule has 1 aromatic heterocycles. The molecule has 0 saturated heterocycles. The number of amides is 1. The molecule has 5 nitrogen and oxygen atoms in total. The van der Waals surface area contributed by atoms with E-state index >= 15 is 0 Å². The minimum absolute atomic E-state index is 0.281. The second-order valence-corrected chi connectivity index (χ2v) is 4.58. The highest BCUT2D eigenvalue weighted by Gasteiger charge is 2.15. The maximum atomic E-state index is 12.2. The largest absolute Gasteiger partial charge is 0.486 e. The lowest BCUT2D eigenvalue weighted by molar-refractivity contribution is 0.102. The number of fused-ring (bicyclic) bond motifs is 1. The number of carbonyl (C=O) groups excluding carboxylic acids is 1. The van der Waals surface area contributed by atoms with Gasteiger partial charge in [0.25, 0.3) is 5.91 Å². The summed E-state index contributed by atoms with van der Waals surface area (Å²) in [5.74, 6) is 0.935. The zero-order valence-corrected chi connectivity index (χ0v) is 11.2. The van der Waals surface area contributed by atoms with Gasteiger partial charge in [0.05, 0.1) is 16.9 Å². The molecule has 3 rings (SSSR count). The van der Waals surface area contributed by atoms with Gasteiger partial charge >= 0.3 is 0 Å². The number of hydrogen-bond acceptors (Lipinski definition) is 4. The molecule has 0 atom stereocenters. The summed E-state index contributed by atoms with van der Waals surface area (Å²) in [5.41, 5.74) is 0.934. The van der Waals surface area contributed by atoms with E-state index in [0.29, 0.717) is 41.0 Å². The second kappa shape index (κ2) is 5.38. The molecule has 102 valence electrons. The first-order chi connectivity index (χ1) is 9.74. The molecule has 0 fully saturated rings. The third-order valence-electron chi connectivity index (χ3n) is 2.82. The summed E-state index contributed by atoms with van der Waals surface area (Å²) >= 11 is 5.97. The van der Waals surface area contributed by atoms with E-state index < -0.39 is 0 Å². The summed E-state index contributed by atoms with van der Waals surface area (Å²) < 4.78 is 10.9. The summed E-state index contributed by atoms with van der Waals surface area (Å²) in [5, 5.41) is 3.14. The molecule has 0 saturated carbocycles. The Labute approximate surface area is 120 Å². The van der Waals surface area contributed by atoms with Crippen LogP contribution in [-0.2, 0) is 0 Å². The van der Waals surface area contributed by atoms with Crippen molar-refractivity contribution in [2.45, 2.75) is 0 Å². The molecule has 1 aliphatic heterocycles. The van der Waals surface area contributed by atoms with E-state index in [-0.39, 0.29) is 5.91 Å². The van der Waals surface area contributed by atoms with Gasteiger partial charge in [0.1, 0.15) is 13.2 Å². The molecule has 0 unspecified atom stereocenters. The van der Waals surface area contributed by atoms with Crippen LogP contribution in [0.15, 0.2) is 36.7 Å². The van der Waals surface area contributed by atoms with Crippen LogP contribution in [0.5, 0.6) is 11.5 Å². The Morgan fingerprint density at radius 2 is 2.00 bits per heavy atom. The molecule has 0 spiro atoms.